The minimum atomic E-state index is -2.56. The molecule has 1 atom stereocenters. The third-order valence-corrected chi connectivity index (χ3v) is 4.70. The van der Waals surface area contributed by atoms with Gasteiger partial charge in [0.15, 0.2) is 5.78 Å². The zero-order chi connectivity index (χ0) is 19.2. The molecule has 0 bridgehead atoms. The predicted molar refractivity (Wildman–Crippen MR) is 88.7 cm³/mol. The Balaban J connectivity index is 2.14. The number of hydrogen-bond donors (Lipinski definition) is 1. The molecule has 1 aromatic rings. The molecule has 2 N–H and O–H groups in total. The Morgan fingerprint density at radius 1 is 1.50 bits per heavy atom. The monoisotopic (exact) mass is 362 g/mol. The highest BCUT2D eigenvalue weighted by Crippen LogP contribution is 2.48. The first kappa shape index (κ1) is 18.1. The Morgan fingerprint density at radius 3 is 2.81 bits per heavy atom. The van der Waals surface area contributed by atoms with E-state index in [4.69, 9.17) is 10.5 Å². The van der Waals surface area contributed by atoms with Crippen LogP contribution in [-0.2, 0) is 16.1 Å². The SMILES string of the molecule is Cc1nn(CC(F)F)cc1C1C(C#N)=C(N)OC2=C1C(=O)CC(C)(C)C2. The Bertz CT molecular complexity index is 874. The van der Waals surface area contributed by atoms with Crippen molar-refractivity contribution in [2.24, 2.45) is 11.1 Å². The maximum atomic E-state index is 12.8. The van der Waals surface area contributed by atoms with Gasteiger partial charge in [-0.25, -0.2) is 8.78 Å². The average Bonchev–Trinajstić information content (AvgIpc) is 2.83. The van der Waals surface area contributed by atoms with Crippen LogP contribution in [0.5, 0.6) is 0 Å². The minimum absolute atomic E-state index is 0.0530. The van der Waals surface area contributed by atoms with Crippen molar-refractivity contribution >= 4 is 5.78 Å². The van der Waals surface area contributed by atoms with E-state index in [1.165, 1.54) is 6.20 Å². The van der Waals surface area contributed by atoms with Gasteiger partial charge in [0.25, 0.3) is 6.43 Å². The van der Waals surface area contributed by atoms with E-state index in [9.17, 15) is 18.8 Å². The first-order valence-corrected chi connectivity index (χ1v) is 8.29. The number of ketones is 1. The van der Waals surface area contributed by atoms with Crippen LogP contribution in [-0.4, -0.2) is 22.0 Å². The number of hydrogen-bond acceptors (Lipinski definition) is 5. The maximum Gasteiger partial charge on any atom is 0.257 e. The van der Waals surface area contributed by atoms with Crippen LogP contribution >= 0.6 is 0 Å². The summed E-state index contributed by atoms with van der Waals surface area (Å²) in [5.74, 6) is -0.460. The van der Waals surface area contributed by atoms with Crippen LogP contribution in [0, 0.1) is 23.7 Å². The van der Waals surface area contributed by atoms with Crippen LogP contribution in [0.15, 0.2) is 29.0 Å². The van der Waals surface area contributed by atoms with Crippen molar-refractivity contribution in [3.63, 3.8) is 0 Å². The van der Waals surface area contributed by atoms with Gasteiger partial charge in [0.2, 0.25) is 5.88 Å². The van der Waals surface area contributed by atoms with Crippen LogP contribution in [0.4, 0.5) is 8.78 Å². The molecule has 0 fully saturated rings. The van der Waals surface area contributed by atoms with Crippen molar-refractivity contribution in [1.29, 1.82) is 5.26 Å². The van der Waals surface area contributed by atoms with Gasteiger partial charge in [-0.3, -0.25) is 9.48 Å². The average molecular weight is 362 g/mol. The fraction of sp³-hybridized carbons (Fsp3) is 0.500. The van der Waals surface area contributed by atoms with Gasteiger partial charge < -0.3 is 10.5 Å². The molecule has 8 heteroatoms. The fourth-order valence-corrected chi connectivity index (χ4v) is 3.65. The van der Waals surface area contributed by atoms with E-state index in [0.717, 1.165) is 4.68 Å². The molecule has 0 saturated carbocycles. The van der Waals surface area contributed by atoms with Gasteiger partial charge in [-0.2, -0.15) is 10.4 Å². The zero-order valence-corrected chi connectivity index (χ0v) is 14.8. The third-order valence-electron chi connectivity index (χ3n) is 4.70. The summed E-state index contributed by atoms with van der Waals surface area (Å²) in [5.41, 5.74) is 7.15. The number of halogens is 2. The van der Waals surface area contributed by atoms with E-state index in [1.807, 2.05) is 19.9 Å². The summed E-state index contributed by atoms with van der Waals surface area (Å²) in [6.07, 6.45) is -0.276. The van der Waals surface area contributed by atoms with Crippen molar-refractivity contribution in [3.05, 3.63) is 40.2 Å². The molecule has 2 aliphatic rings. The molecular weight excluding hydrogens is 342 g/mol. The number of carbonyl (C=O) groups is 1. The molecule has 6 nitrogen and oxygen atoms in total. The molecular formula is C18H20F2N4O2. The highest BCUT2D eigenvalue weighted by atomic mass is 19.3. The molecule has 0 amide bonds. The molecule has 26 heavy (non-hydrogen) atoms. The number of carbonyl (C=O) groups excluding carboxylic acids is 1. The number of nitriles is 1. The number of aromatic nitrogens is 2. The highest BCUT2D eigenvalue weighted by molar-refractivity contribution is 6.00. The summed E-state index contributed by atoms with van der Waals surface area (Å²) < 4.78 is 32.1. The van der Waals surface area contributed by atoms with E-state index >= 15 is 0 Å². The Morgan fingerprint density at radius 2 is 2.19 bits per heavy atom. The van der Waals surface area contributed by atoms with Gasteiger partial charge >= 0.3 is 0 Å². The number of nitrogens with two attached hydrogens (primary N) is 1. The lowest BCUT2D eigenvalue weighted by Gasteiger charge is -2.37. The molecule has 0 aromatic carbocycles. The lowest BCUT2D eigenvalue weighted by molar-refractivity contribution is -0.119. The van der Waals surface area contributed by atoms with Gasteiger partial charge in [0.05, 0.1) is 11.6 Å². The first-order chi connectivity index (χ1) is 12.1. The Labute approximate surface area is 149 Å². The van der Waals surface area contributed by atoms with Crippen molar-refractivity contribution in [2.75, 3.05) is 0 Å². The predicted octanol–water partition coefficient (Wildman–Crippen LogP) is 2.91. The standard InChI is InChI=1S/C18H20F2N4O2/c1-9-11(7-24(23-9)8-14(19)20)15-10(6-21)17(22)26-13-5-18(2,3)4-12(25)16(13)15/h7,14-15H,4-5,8,22H2,1-3H3. The lowest BCUT2D eigenvalue weighted by Crippen LogP contribution is -2.33. The van der Waals surface area contributed by atoms with E-state index < -0.39 is 18.9 Å². The lowest BCUT2D eigenvalue weighted by atomic mass is 9.70. The van der Waals surface area contributed by atoms with Crippen molar-refractivity contribution in [2.45, 2.75) is 52.5 Å². The van der Waals surface area contributed by atoms with Crippen molar-refractivity contribution in [3.8, 4) is 6.07 Å². The molecule has 1 aliphatic heterocycles. The molecule has 1 aromatic heterocycles. The number of rotatable bonds is 3. The van der Waals surface area contributed by atoms with Crippen LogP contribution in [0.1, 0.15) is 43.9 Å². The summed E-state index contributed by atoms with van der Waals surface area (Å²) in [6, 6.07) is 2.01. The summed E-state index contributed by atoms with van der Waals surface area (Å²) in [7, 11) is 0. The second-order valence-electron chi connectivity index (χ2n) is 7.49. The third kappa shape index (κ3) is 3.09. The van der Waals surface area contributed by atoms with Crippen molar-refractivity contribution < 1.29 is 18.3 Å². The maximum absolute atomic E-state index is 12.8. The van der Waals surface area contributed by atoms with E-state index in [1.54, 1.807) is 6.92 Å². The number of nitrogens with zero attached hydrogens (tertiary/aromatic N) is 3. The molecule has 0 saturated heterocycles. The quantitative estimate of drug-likeness (QED) is 0.892. The summed E-state index contributed by atoms with van der Waals surface area (Å²) in [5, 5.41) is 13.7. The number of aryl methyl sites for hydroxylation is 1. The molecule has 0 radical (unpaired) electrons. The van der Waals surface area contributed by atoms with Crippen LogP contribution in [0.3, 0.4) is 0 Å². The molecule has 0 spiro atoms. The van der Waals surface area contributed by atoms with Gasteiger partial charge in [0.1, 0.15) is 23.9 Å². The van der Waals surface area contributed by atoms with E-state index in [-0.39, 0.29) is 22.7 Å². The number of ether oxygens (including phenoxy) is 1. The van der Waals surface area contributed by atoms with Crippen molar-refractivity contribution in [1.82, 2.24) is 9.78 Å². The summed E-state index contributed by atoms with van der Waals surface area (Å²) >= 11 is 0. The molecule has 138 valence electrons. The smallest absolute Gasteiger partial charge is 0.257 e. The van der Waals surface area contributed by atoms with Gasteiger partial charge in [0, 0.05) is 30.2 Å². The Kier molecular flexibility index (Phi) is 4.34. The number of allylic oxidation sites excluding steroid dienone is 3. The fourth-order valence-electron chi connectivity index (χ4n) is 3.65. The minimum Gasteiger partial charge on any atom is -0.444 e. The largest absolute Gasteiger partial charge is 0.444 e. The van der Waals surface area contributed by atoms with Crippen LogP contribution < -0.4 is 5.73 Å². The van der Waals surface area contributed by atoms with Crippen LogP contribution in [0.2, 0.25) is 0 Å². The topological polar surface area (TPSA) is 93.9 Å². The second-order valence-corrected chi connectivity index (χ2v) is 7.49. The van der Waals surface area contributed by atoms with E-state index in [0.29, 0.717) is 35.4 Å². The molecule has 1 unspecified atom stereocenters. The Hall–Kier alpha value is -2.69. The second kappa shape index (κ2) is 6.24. The highest BCUT2D eigenvalue weighted by Gasteiger charge is 2.43. The first-order valence-electron chi connectivity index (χ1n) is 8.29. The number of alkyl halides is 2. The molecule has 2 heterocycles. The zero-order valence-electron chi connectivity index (χ0n) is 14.8. The molecule has 3 rings (SSSR count). The summed E-state index contributed by atoms with van der Waals surface area (Å²) in [4.78, 5) is 12.8. The normalized spacial score (nSPS) is 22.3. The number of Topliss-reactive ketones (excluding diaryl/α,β-unsaturated/α-hetero) is 1. The van der Waals surface area contributed by atoms with Gasteiger partial charge in [-0.1, -0.05) is 13.8 Å². The van der Waals surface area contributed by atoms with Gasteiger partial charge in [-0.05, 0) is 12.3 Å². The van der Waals surface area contributed by atoms with Gasteiger partial charge in [-0.15, -0.1) is 0 Å². The van der Waals surface area contributed by atoms with Crippen LogP contribution in [0.25, 0.3) is 0 Å². The summed E-state index contributed by atoms with van der Waals surface area (Å²) in [6.45, 7) is 5.02. The van der Waals surface area contributed by atoms with E-state index in [2.05, 4.69) is 5.10 Å². The molecule has 1 aliphatic carbocycles.